The van der Waals surface area contributed by atoms with Gasteiger partial charge in [0.15, 0.2) is 6.10 Å². The van der Waals surface area contributed by atoms with Crippen molar-refractivity contribution in [2.24, 2.45) is 5.73 Å². The van der Waals surface area contributed by atoms with E-state index in [-0.39, 0.29) is 38.6 Å². The van der Waals surface area contributed by atoms with Gasteiger partial charge in [0, 0.05) is 19.4 Å². The van der Waals surface area contributed by atoms with Gasteiger partial charge >= 0.3 is 19.8 Å². The molecule has 516 valence electrons. The zero-order chi connectivity index (χ0) is 65.8. The third-order valence-corrected chi connectivity index (χ3v) is 16.1. The molecule has 0 saturated heterocycles. The van der Waals surface area contributed by atoms with Crippen LogP contribution < -0.4 is 5.73 Å². The van der Waals surface area contributed by atoms with Gasteiger partial charge in [0.2, 0.25) is 0 Å². The highest BCUT2D eigenvalue weighted by atomic mass is 31.2. The van der Waals surface area contributed by atoms with Crippen LogP contribution in [0.1, 0.15) is 296 Å². The second-order valence-corrected chi connectivity index (χ2v) is 25.1. The van der Waals surface area contributed by atoms with Gasteiger partial charge in [0.05, 0.1) is 13.2 Å². The van der Waals surface area contributed by atoms with E-state index in [1.165, 1.54) is 116 Å². The van der Waals surface area contributed by atoms with Gasteiger partial charge in [0.1, 0.15) is 6.61 Å². The first-order valence-electron chi connectivity index (χ1n) is 36.6. The molecule has 0 heterocycles. The Morgan fingerprint density at radius 1 is 0.330 bits per heavy atom. The van der Waals surface area contributed by atoms with Gasteiger partial charge in [-0.05, 0) is 128 Å². The molecule has 3 N–H and O–H groups in total. The Hall–Kier alpha value is -4.63. The molecule has 0 aliphatic carbocycles. The quantitative estimate of drug-likeness (QED) is 0.0264. The number of ether oxygens (including phenoxy) is 2. The first kappa shape index (κ1) is 86.4. The zero-order valence-corrected chi connectivity index (χ0v) is 58.9. The van der Waals surface area contributed by atoms with Crippen LogP contribution in [-0.2, 0) is 32.7 Å². The van der Waals surface area contributed by atoms with Crippen LogP contribution in [-0.4, -0.2) is 49.3 Å². The van der Waals surface area contributed by atoms with Gasteiger partial charge in [-0.25, -0.2) is 4.57 Å². The van der Waals surface area contributed by atoms with E-state index in [4.69, 9.17) is 24.3 Å². The molecule has 0 amide bonds. The minimum Gasteiger partial charge on any atom is -0.462 e. The smallest absolute Gasteiger partial charge is 0.462 e. The van der Waals surface area contributed by atoms with Crippen molar-refractivity contribution in [1.82, 2.24) is 0 Å². The topological polar surface area (TPSA) is 134 Å². The Morgan fingerprint density at radius 3 is 0.846 bits per heavy atom. The molecular weight excluding hydrogens is 1150 g/mol. The van der Waals surface area contributed by atoms with Crippen molar-refractivity contribution in [1.29, 1.82) is 0 Å². The summed E-state index contributed by atoms with van der Waals surface area (Å²) in [6.45, 7) is 3.50. The summed E-state index contributed by atoms with van der Waals surface area (Å²) in [7, 11) is -4.41. The second-order valence-electron chi connectivity index (χ2n) is 23.7. The molecule has 0 aliphatic heterocycles. The van der Waals surface area contributed by atoms with Gasteiger partial charge in [0.25, 0.3) is 0 Å². The molecule has 0 bridgehead atoms. The third kappa shape index (κ3) is 74.3. The van der Waals surface area contributed by atoms with Crippen LogP contribution in [0, 0.1) is 0 Å². The standard InChI is InChI=1S/C81H134NO8P/c1-3-5-7-9-11-13-15-17-19-21-23-25-27-29-31-33-35-36-37-38-39-40-41-42-44-45-47-49-51-53-55-57-59-61-63-65-67-69-71-73-80(83)87-77-79(78-89-91(85,86)88-76-75-82)90-81(84)74-72-70-68-66-64-62-60-58-56-54-52-50-48-46-43-34-32-30-28-26-24-22-20-18-16-14-12-10-8-6-4-2/h5-8,11-14,17-20,23-26,29-32,35-36,43,46,50,52,56,58,79H,3-4,9-10,15-16,21-22,27-28,33-34,37-42,44-45,47-49,51,53-55,57,59-78,82H2,1-2H3,(H,85,86)/b7-5-,8-6-,13-11-,14-12-,19-17-,20-18-,25-23-,26-24-,31-29-,32-30-,36-35-,46-43-,52-50-,58-56-. The average Bonchev–Trinajstić information content (AvgIpc) is 3.71. The van der Waals surface area contributed by atoms with E-state index in [1.54, 1.807) is 0 Å². The van der Waals surface area contributed by atoms with E-state index in [1.807, 2.05) is 0 Å². The molecule has 0 rings (SSSR count). The summed E-state index contributed by atoms with van der Waals surface area (Å²) in [5.74, 6) is -0.846. The Balaban J connectivity index is 3.91. The van der Waals surface area contributed by atoms with Gasteiger partial charge in [-0.15, -0.1) is 0 Å². The fraction of sp³-hybridized carbons (Fsp3) is 0.630. The lowest BCUT2D eigenvalue weighted by Gasteiger charge is -2.19. The summed E-state index contributed by atoms with van der Waals surface area (Å²) in [6.07, 6.45) is 110. The number of carbonyl (C=O) groups is 2. The molecule has 2 unspecified atom stereocenters. The molecule has 10 heteroatoms. The molecule has 9 nitrogen and oxygen atoms in total. The minimum atomic E-state index is -4.41. The fourth-order valence-corrected chi connectivity index (χ4v) is 10.5. The Kier molecular flexibility index (Phi) is 70.6. The summed E-state index contributed by atoms with van der Waals surface area (Å²) in [5, 5.41) is 0. The van der Waals surface area contributed by atoms with Crippen molar-refractivity contribution in [3.8, 4) is 0 Å². The number of nitrogens with two attached hydrogens (primary N) is 1. The van der Waals surface area contributed by atoms with E-state index in [0.29, 0.717) is 6.42 Å². The number of allylic oxidation sites excluding steroid dienone is 28. The first-order chi connectivity index (χ1) is 44.8. The SMILES string of the molecule is CC/C=C\C/C=C\C/C=C\C/C=C\C/C=C\C/C=C\C/C=C\C/C=C\CCCCCCCCC(=O)OC(COC(=O)CCCCCCCCCCCCCCCCCCCCCC/C=C\C/C=C\C/C=C\C/C=C\C/C=C\C/C=C\CC)COP(=O)(O)OCCN. The average molecular weight is 1280 g/mol. The van der Waals surface area contributed by atoms with Crippen molar-refractivity contribution in [2.45, 2.75) is 302 Å². The second kappa shape index (κ2) is 74.4. The summed E-state index contributed by atoms with van der Waals surface area (Å²) < 4.78 is 33.2. The van der Waals surface area contributed by atoms with Crippen molar-refractivity contribution in [2.75, 3.05) is 26.4 Å². The highest BCUT2D eigenvalue weighted by Crippen LogP contribution is 2.43. The van der Waals surface area contributed by atoms with Crippen molar-refractivity contribution < 1.29 is 37.6 Å². The molecule has 0 aromatic rings. The van der Waals surface area contributed by atoms with E-state index in [2.05, 4.69) is 184 Å². The molecule has 0 aromatic carbocycles. The lowest BCUT2D eigenvalue weighted by atomic mass is 10.0. The lowest BCUT2D eigenvalue weighted by molar-refractivity contribution is -0.161. The Bertz CT molecular complexity index is 2100. The molecule has 0 fully saturated rings. The number of hydrogen-bond acceptors (Lipinski definition) is 8. The maximum Gasteiger partial charge on any atom is 0.472 e. The summed E-state index contributed by atoms with van der Waals surface area (Å²) in [6, 6.07) is 0. The molecular formula is C81H134NO8P. The Morgan fingerprint density at radius 2 is 0.571 bits per heavy atom. The third-order valence-electron chi connectivity index (χ3n) is 15.1. The van der Waals surface area contributed by atoms with Crippen LogP contribution in [0.15, 0.2) is 170 Å². The van der Waals surface area contributed by atoms with Crippen LogP contribution in [0.25, 0.3) is 0 Å². The number of phosphoric ester groups is 1. The lowest BCUT2D eigenvalue weighted by Crippen LogP contribution is -2.29. The summed E-state index contributed by atoms with van der Waals surface area (Å²) in [5.41, 5.74) is 5.40. The highest BCUT2D eigenvalue weighted by Gasteiger charge is 2.26. The maximum absolute atomic E-state index is 12.8. The Labute approximate surface area is 559 Å². The predicted octanol–water partition coefficient (Wildman–Crippen LogP) is 24.5. The van der Waals surface area contributed by atoms with Gasteiger partial charge in [-0.2, -0.15) is 0 Å². The first-order valence-corrected chi connectivity index (χ1v) is 38.1. The van der Waals surface area contributed by atoms with Crippen molar-refractivity contribution >= 4 is 19.8 Å². The number of unbranched alkanes of at least 4 members (excludes halogenated alkanes) is 26. The summed E-state index contributed by atoms with van der Waals surface area (Å²) in [4.78, 5) is 35.4. The van der Waals surface area contributed by atoms with Gasteiger partial charge in [-0.1, -0.05) is 325 Å². The number of esters is 2. The summed E-state index contributed by atoms with van der Waals surface area (Å²) >= 11 is 0. The van der Waals surface area contributed by atoms with Gasteiger partial charge < -0.3 is 20.1 Å². The van der Waals surface area contributed by atoms with Gasteiger partial charge in [-0.3, -0.25) is 18.6 Å². The van der Waals surface area contributed by atoms with Crippen LogP contribution >= 0.6 is 7.82 Å². The molecule has 0 saturated carbocycles. The van der Waals surface area contributed by atoms with E-state index < -0.39 is 26.5 Å². The van der Waals surface area contributed by atoms with E-state index >= 15 is 0 Å². The number of hydrogen-bond donors (Lipinski definition) is 2. The van der Waals surface area contributed by atoms with Crippen LogP contribution in [0.3, 0.4) is 0 Å². The van der Waals surface area contributed by atoms with Crippen molar-refractivity contribution in [3.05, 3.63) is 170 Å². The van der Waals surface area contributed by atoms with Crippen molar-refractivity contribution in [3.63, 3.8) is 0 Å². The van der Waals surface area contributed by atoms with Crippen LogP contribution in [0.4, 0.5) is 0 Å². The largest absolute Gasteiger partial charge is 0.472 e. The van der Waals surface area contributed by atoms with Crippen LogP contribution in [0.5, 0.6) is 0 Å². The fourth-order valence-electron chi connectivity index (χ4n) is 9.78. The highest BCUT2D eigenvalue weighted by molar-refractivity contribution is 7.47. The van der Waals surface area contributed by atoms with Crippen LogP contribution in [0.2, 0.25) is 0 Å². The molecule has 0 spiro atoms. The molecule has 2 atom stereocenters. The minimum absolute atomic E-state index is 0.0438. The molecule has 0 radical (unpaired) electrons. The van der Waals surface area contributed by atoms with E-state index in [0.717, 1.165) is 148 Å². The van der Waals surface area contributed by atoms with E-state index in [9.17, 15) is 19.0 Å². The number of rotatable bonds is 67. The molecule has 0 aliphatic rings. The monoisotopic (exact) mass is 1280 g/mol. The zero-order valence-electron chi connectivity index (χ0n) is 58.0. The molecule has 0 aromatic heterocycles. The predicted molar refractivity (Wildman–Crippen MR) is 394 cm³/mol. The number of carbonyl (C=O) groups excluding carboxylic acids is 2. The molecule has 91 heavy (non-hydrogen) atoms. The maximum atomic E-state index is 12.8. The normalized spacial score (nSPS) is 13.9. The number of phosphoric acid groups is 1.